The summed E-state index contributed by atoms with van der Waals surface area (Å²) in [4.78, 5) is 2.17. The molecule has 2 aromatic carbocycles. The third kappa shape index (κ3) is 2.46. The molecule has 0 aromatic heterocycles. The van der Waals surface area contributed by atoms with Crippen molar-refractivity contribution in [2.24, 2.45) is 0 Å². The van der Waals surface area contributed by atoms with Crippen LogP contribution in [-0.4, -0.2) is 37.2 Å². The summed E-state index contributed by atoms with van der Waals surface area (Å²) in [5, 5.41) is 11.3. The molecule has 5 rings (SSSR count). The topological polar surface area (TPSA) is 60.4 Å². The Hall–Kier alpha value is -1.96. The van der Waals surface area contributed by atoms with Crippen molar-refractivity contribution in [1.82, 2.24) is 4.90 Å². The smallest absolute Gasteiger partial charge is 0.231 e. The lowest BCUT2D eigenvalue weighted by Crippen LogP contribution is -2.36. The quantitative estimate of drug-likeness (QED) is 0.806. The molecule has 136 valence electrons. The first-order chi connectivity index (χ1) is 12.6. The van der Waals surface area contributed by atoms with Crippen molar-refractivity contribution in [1.29, 1.82) is 0 Å². The normalized spacial score (nSPS) is 21.6. The van der Waals surface area contributed by atoms with E-state index in [1.54, 1.807) is 0 Å². The molecule has 3 aliphatic heterocycles. The van der Waals surface area contributed by atoms with Gasteiger partial charge in [0.1, 0.15) is 0 Å². The summed E-state index contributed by atoms with van der Waals surface area (Å²) >= 11 is 3.57. The van der Waals surface area contributed by atoms with Crippen molar-refractivity contribution in [3.05, 3.63) is 45.4 Å². The summed E-state index contributed by atoms with van der Waals surface area (Å²) < 4.78 is 22.8. The van der Waals surface area contributed by atoms with Gasteiger partial charge in [-0.05, 0) is 48.9 Å². The van der Waals surface area contributed by atoms with Gasteiger partial charge >= 0.3 is 0 Å². The predicted molar refractivity (Wildman–Crippen MR) is 96.9 cm³/mol. The summed E-state index contributed by atoms with van der Waals surface area (Å²) in [6.45, 7) is 1.31. The van der Waals surface area contributed by atoms with Crippen LogP contribution in [0.25, 0.3) is 0 Å². The summed E-state index contributed by atoms with van der Waals surface area (Å²) in [7, 11) is 2.03. The van der Waals surface area contributed by atoms with Gasteiger partial charge in [0.2, 0.25) is 13.6 Å². The van der Waals surface area contributed by atoms with Crippen LogP contribution >= 0.6 is 15.9 Å². The van der Waals surface area contributed by atoms with Crippen LogP contribution in [0.2, 0.25) is 0 Å². The van der Waals surface area contributed by atoms with Crippen molar-refractivity contribution in [2.75, 3.05) is 27.2 Å². The Labute approximate surface area is 159 Å². The molecule has 2 aromatic rings. The molecular formula is C19H18BrNO5. The third-order valence-corrected chi connectivity index (χ3v) is 5.96. The van der Waals surface area contributed by atoms with E-state index < -0.39 is 6.10 Å². The fourth-order valence-electron chi connectivity index (χ4n) is 3.91. The second kappa shape index (κ2) is 6.04. The molecule has 1 N–H and O–H groups in total. The molecule has 0 saturated heterocycles. The molecule has 26 heavy (non-hydrogen) atoms. The van der Waals surface area contributed by atoms with Gasteiger partial charge in [-0.1, -0.05) is 15.9 Å². The lowest BCUT2D eigenvalue weighted by atomic mass is 9.86. The van der Waals surface area contributed by atoms with Gasteiger partial charge in [0.25, 0.3) is 0 Å². The van der Waals surface area contributed by atoms with E-state index in [1.807, 2.05) is 31.3 Å². The highest BCUT2D eigenvalue weighted by molar-refractivity contribution is 9.10. The second-order valence-corrected chi connectivity index (χ2v) is 7.61. The number of aliphatic hydroxyl groups is 1. The molecular weight excluding hydrogens is 402 g/mol. The summed E-state index contributed by atoms with van der Waals surface area (Å²) in [6, 6.07) is 7.56. The first-order valence-corrected chi connectivity index (χ1v) is 9.31. The Morgan fingerprint density at radius 1 is 1.00 bits per heavy atom. The first-order valence-electron chi connectivity index (χ1n) is 8.51. The van der Waals surface area contributed by atoms with E-state index >= 15 is 0 Å². The van der Waals surface area contributed by atoms with E-state index in [2.05, 4.69) is 20.8 Å². The molecule has 0 spiro atoms. The highest BCUT2D eigenvalue weighted by Crippen LogP contribution is 2.47. The molecule has 0 unspecified atom stereocenters. The fourth-order valence-corrected chi connectivity index (χ4v) is 4.46. The van der Waals surface area contributed by atoms with Crippen molar-refractivity contribution in [3.63, 3.8) is 0 Å². The van der Waals surface area contributed by atoms with Gasteiger partial charge in [0, 0.05) is 16.6 Å². The number of ether oxygens (including phenoxy) is 4. The maximum Gasteiger partial charge on any atom is 0.231 e. The SMILES string of the molecule is CN1CCc2cc3c(cc2[C@@H]1[C@@H](O)c1cc2c(cc1Br)OCO2)OCO3. The van der Waals surface area contributed by atoms with Gasteiger partial charge in [0.15, 0.2) is 23.0 Å². The maximum atomic E-state index is 11.3. The number of likely N-dealkylation sites (N-methyl/N-ethyl adjacent to an activating group) is 1. The van der Waals surface area contributed by atoms with Gasteiger partial charge in [0.05, 0.1) is 12.1 Å². The average Bonchev–Trinajstić information content (AvgIpc) is 3.26. The molecule has 6 nitrogen and oxygen atoms in total. The van der Waals surface area contributed by atoms with Crippen molar-refractivity contribution in [3.8, 4) is 23.0 Å². The highest BCUT2D eigenvalue weighted by Gasteiger charge is 2.35. The minimum absolute atomic E-state index is 0.190. The predicted octanol–water partition coefficient (Wildman–Crippen LogP) is 3.17. The molecule has 0 amide bonds. The zero-order valence-corrected chi connectivity index (χ0v) is 15.8. The number of hydrogen-bond donors (Lipinski definition) is 1. The number of rotatable bonds is 2. The highest BCUT2D eigenvalue weighted by atomic mass is 79.9. The molecule has 0 radical (unpaired) electrons. The number of nitrogens with zero attached hydrogens (tertiary/aromatic N) is 1. The van der Waals surface area contributed by atoms with Crippen LogP contribution in [0.5, 0.6) is 23.0 Å². The van der Waals surface area contributed by atoms with Gasteiger partial charge in [-0.3, -0.25) is 4.90 Å². The van der Waals surface area contributed by atoms with E-state index in [1.165, 1.54) is 5.56 Å². The van der Waals surface area contributed by atoms with Crippen LogP contribution in [0, 0.1) is 0 Å². The lowest BCUT2D eigenvalue weighted by Gasteiger charge is -2.38. The molecule has 7 heteroatoms. The van der Waals surface area contributed by atoms with Crippen LogP contribution in [-0.2, 0) is 6.42 Å². The summed E-state index contributed by atoms with van der Waals surface area (Å²) in [6.07, 6.45) is 0.178. The minimum Gasteiger partial charge on any atom is -0.454 e. The zero-order valence-electron chi connectivity index (χ0n) is 14.2. The van der Waals surface area contributed by atoms with Crippen LogP contribution in [0.15, 0.2) is 28.7 Å². The van der Waals surface area contributed by atoms with Gasteiger partial charge < -0.3 is 24.1 Å². The van der Waals surface area contributed by atoms with Crippen molar-refractivity contribution in [2.45, 2.75) is 18.6 Å². The van der Waals surface area contributed by atoms with E-state index in [9.17, 15) is 5.11 Å². The lowest BCUT2D eigenvalue weighted by molar-refractivity contribution is 0.0553. The fraction of sp³-hybridized carbons (Fsp3) is 0.368. The Morgan fingerprint density at radius 2 is 1.62 bits per heavy atom. The van der Waals surface area contributed by atoms with Crippen LogP contribution in [0.1, 0.15) is 28.8 Å². The molecule has 0 bridgehead atoms. The number of halogens is 1. The maximum absolute atomic E-state index is 11.3. The van der Waals surface area contributed by atoms with Crippen LogP contribution in [0.4, 0.5) is 0 Å². The molecule has 0 fully saturated rings. The van der Waals surface area contributed by atoms with Crippen molar-refractivity contribution < 1.29 is 24.1 Å². The van der Waals surface area contributed by atoms with Crippen LogP contribution < -0.4 is 18.9 Å². The molecule has 3 heterocycles. The van der Waals surface area contributed by atoms with E-state index in [-0.39, 0.29) is 19.6 Å². The average molecular weight is 420 g/mol. The third-order valence-electron chi connectivity index (χ3n) is 5.27. The molecule has 3 aliphatic rings. The van der Waals surface area contributed by atoms with Crippen LogP contribution in [0.3, 0.4) is 0 Å². The molecule has 0 saturated carbocycles. The number of hydrogen-bond acceptors (Lipinski definition) is 6. The summed E-state index contributed by atoms with van der Waals surface area (Å²) in [5.74, 6) is 2.87. The Morgan fingerprint density at radius 3 is 2.35 bits per heavy atom. The standard InChI is InChI=1S/C19H18BrNO5/c1-21-3-2-10-4-14-15(24-8-23-14)5-11(10)18(21)19(22)12-6-16-17(7-13(12)20)26-9-25-16/h4-7,18-19,22H,2-3,8-9H2,1H3/t18-,19+/m1/s1. The van der Waals surface area contributed by atoms with Gasteiger partial charge in [-0.25, -0.2) is 0 Å². The molecule has 0 aliphatic carbocycles. The van der Waals surface area contributed by atoms with E-state index in [0.29, 0.717) is 11.5 Å². The second-order valence-electron chi connectivity index (χ2n) is 6.75. The number of aliphatic hydroxyl groups excluding tert-OH is 1. The number of fused-ring (bicyclic) bond motifs is 3. The Kier molecular flexibility index (Phi) is 3.77. The zero-order chi connectivity index (χ0) is 17.8. The monoisotopic (exact) mass is 419 g/mol. The first kappa shape index (κ1) is 16.2. The van der Waals surface area contributed by atoms with E-state index in [4.69, 9.17) is 18.9 Å². The Bertz CT molecular complexity index is 887. The van der Waals surface area contributed by atoms with Gasteiger partial charge in [-0.2, -0.15) is 0 Å². The number of benzene rings is 2. The van der Waals surface area contributed by atoms with Crippen molar-refractivity contribution >= 4 is 15.9 Å². The minimum atomic E-state index is -0.733. The van der Waals surface area contributed by atoms with Gasteiger partial charge in [-0.15, -0.1) is 0 Å². The largest absolute Gasteiger partial charge is 0.454 e. The molecule has 2 atom stereocenters. The Balaban J connectivity index is 1.58. The van der Waals surface area contributed by atoms with E-state index in [0.717, 1.165) is 40.1 Å². The summed E-state index contributed by atoms with van der Waals surface area (Å²) in [5.41, 5.74) is 3.03.